The lowest BCUT2D eigenvalue weighted by molar-refractivity contribution is 0.464. The third kappa shape index (κ3) is 3.17. The molecule has 2 rings (SSSR count). The minimum absolute atomic E-state index is 0.111. The third-order valence-electron chi connectivity index (χ3n) is 2.77. The average Bonchev–Trinajstić information content (AvgIpc) is 2.41. The van der Waals surface area contributed by atoms with Crippen LogP contribution in [0.1, 0.15) is 5.56 Å². The lowest BCUT2D eigenvalue weighted by atomic mass is 10.2. The zero-order valence-corrected chi connectivity index (χ0v) is 13.2. The van der Waals surface area contributed by atoms with Crippen molar-refractivity contribution >= 4 is 31.6 Å². The average molecular weight is 356 g/mol. The predicted octanol–water partition coefficient (Wildman–Crippen LogP) is 2.25. The second kappa shape index (κ2) is 5.90. The zero-order chi connectivity index (χ0) is 14.8. The van der Waals surface area contributed by atoms with Gasteiger partial charge in [0.25, 0.3) is 10.0 Å². The number of anilines is 1. The van der Waals surface area contributed by atoms with E-state index in [2.05, 4.69) is 20.9 Å². The molecular weight excluding hydrogens is 342 g/mol. The summed E-state index contributed by atoms with van der Waals surface area (Å²) in [5.41, 5.74) is 6.71. The Labute approximate surface area is 126 Å². The normalized spacial score (nSPS) is 11.8. The van der Waals surface area contributed by atoms with E-state index in [1.807, 2.05) is 24.3 Å². The largest absolute Gasteiger partial charge is 0.396 e. The summed E-state index contributed by atoms with van der Waals surface area (Å²) >= 11 is 3.34. The summed E-state index contributed by atoms with van der Waals surface area (Å²) < 4.78 is 27.0. The molecule has 0 radical (unpaired) electrons. The van der Waals surface area contributed by atoms with E-state index < -0.39 is 10.0 Å². The highest BCUT2D eigenvalue weighted by atomic mass is 79.9. The molecule has 20 heavy (non-hydrogen) atoms. The predicted molar refractivity (Wildman–Crippen MR) is 81.4 cm³/mol. The molecule has 0 atom stereocenters. The summed E-state index contributed by atoms with van der Waals surface area (Å²) in [5, 5.41) is -0.111. The summed E-state index contributed by atoms with van der Waals surface area (Å²) in [7, 11) is -2.19. The molecule has 0 amide bonds. The quantitative estimate of drug-likeness (QED) is 0.912. The maximum absolute atomic E-state index is 12.4. The molecule has 5 nitrogen and oxygen atoms in total. The minimum Gasteiger partial charge on any atom is -0.396 e. The number of nitrogen functional groups attached to an aromatic ring is 1. The summed E-state index contributed by atoms with van der Waals surface area (Å²) in [6, 6.07) is 10.6. The van der Waals surface area contributed by atoms with Crippen LogP contribution in [0, 0.1) is 0 Å². The van der Waals surface area contributed by atoms with E-state index in [1.165, 1.54) is 23.6 Å². The Morgan fingerprint density at radius 2 is 1.90 bits per heavy atom. The van der Waals surface area contributed by atoms with Crippen LogP contribution in [0.25, 0.3) is 0 Å². The van der Waals surface area contributed by atoms with Gasteiger partial charge in [0.05, 0.1) is 5.69 Å². The maximum Gasteiger partial charge on any atom is 0.262 e. The lowest BCUT2D eigenvalue weighted by Gasteiger charge is -2.17. The maximum atomic E-state index is 12.4. The summed E-state index contributed by atoms with van der Waals surface area (Å²) in [5.74, 6) is 0. The molecule has 1 aromatic heterocycles. The molecule has 0 aliphatic rings. The molecule has 0 aliphatic heterocycles. The van der Waals surface area contributed by atoms with Crippen molar-refractivity contribution in [2.75, 3.05) is 12.8 Å². The number of aromatic nitrogens is 1. The number of rotatable bonds is 4. The first kappa shape index (κ1) is 15.0. The van der Waals surface area contributed by atoms with Crippen molar-refractivity contribution in [2.45, 2.75) is 11.6 Å². The molecule has 0 aliphatic carbocycles. The van der Waals surface area contributed by atoms with E-state index in [0.29, 0.717) is 0 Å². The number of halogens is 1. The van der Waals surface area contributed by atoms with Crippen molar-refractivity contribution in [1.82, 2.24) is 9.29 Å². The van der Waals surface area contributed by atoms with Gasteiger partial charge in [0.15, 0.2) is 5.03 Å². The van der Waals surface area contributed by atoms with Gasteiger partial charge in [0, 0.05) is 24.3 Å². The first-order valence-electron chi connectivity index (χ1n) is 5.82. The monoisotopic (exact) mass is 355 g/mol. The Balaban J connectivity index is 2.26. The zero-order valence-electron chi connectivity index (χ0n) is 10.8. The molecule has 2 aromatic rings. The number of sulfonamides is 1. The molecule has 7 heteroatoms. The van der Waals surface area contributed by atoms with E-state index in [9.17, 15) is 8.42 Å². The van der Waals surface area contributed by atoms with Gasteiger partial charge in [0.1, 0.15) is 0 Å². The molecule has 0 bridgehead atoms. The van der Waals surface area contributed by atoms with Crippen LogP contribution in [0.2, 0.25) is 0 Å². The molecule has 0 fully saturated rings. The van der Waals surface area contributed by atoms with Gasteiger partial charge in [-0.05, 0) is 29.8 Å². The third-order valence-corrected chi connectivity index (χ3v) is 5.08. The van der Waals surface area contributed by atoms with Gasteiger partial charge in [-0.25, -0.2) is 13.4 Å². The highest BCUT2D eigenvalue weighted by molar-refractivity contribution is 9.10. The number of benzene rings is 1. The van der Waals surface area contributed by atoms with Crippen molar-refractivity contribution in [3.8, 4) is 0 Å². The molecule has 0 saturated heterocycles. The van der Waals surface area contributed by atoms with Crippen LogP contribution < -0.4 is 5.73 Å². The van der Waals surface area contributed by atoms with E-state index >= 15 is 0 Å². The molecule has 0 saturated carbocycles. The van der Waals surface area contributed by atoms with Crippen molar-refractivity contribution in [3.05, 3.63) is 52.6 Å². The second-order valence-electron chi connectivity index (χ2n) is 4.29. The van der Waals surface area contributed by atoms with Crippen molar-refractivity contribution < 1.29 is 8.42 Å². The fourth-order valence-electron chi connectivity index (χ4n) is 1.70. The Morgan fingerprint density at radius 3 is 2.50 bits per heavy atom. The minimum atomic E-state index is -3.69. The number of hydrogen-bond donors (Lipinski definition) is 1. The standard InChI is InChI=1S/C13H14BrN3O2S/c1-17(9-10-4-6-11(14)7-5-10)20(18,19)13-12(15)3-2-8-16-13/h2-8H,9,15H2,1H3. The van der Waals surface area contributed by atoms with Crippen molar-refractivity contribution in [3.63, 3.8) is 0 Å². The van der Waals surface area contributed by atoms with Gasteiger partial charge in [-0.3, -0.25) is 0 Å². The van der Waals surface area contributed by atoms with Crippen LogP contribution in [0.3, 0.4) is 0 Å². The van der Waals surface area contributed by atoms with Gasteiger partial charge >= 0.3 is 0 Å². The van der Waals surface area contributed by atoms with Crippen LogP contribution in [0.15, 0.2) is 52.1 Å². The van der Waals surface area contributed by atoms with Crippen LogP contribution in [-0.4, -0.2) is 24.8 Å². The molecule has 0 spiro atoms. The SMILES string of the molecule is CN(Cc1ccc(Br)cc1)S(=O)(=O)c1ncccc1N. The Bertz CT molecular complexity index is 702. The van der Waals surface area contributed by atoms with Crippen LogP contribution in [0.5, 0.6) is 0 Å². The highest BCUT2D eigenvalue weighted by Crippen LogP contribution is 2.20. The molecular formula is C13H14BrN3O2S. The summed E-state index contributed by atoms with van der Waals surface area (Å²) in [4.78, 5) is 3.86. The van der Waals surface area contributed by atoms with Gasteiger partial charge in [-0.15, -0.1) is 0 Å². The summed E-state index contributed by atoms with van der Waals surface area (Å²) in [6.45, 7) is 0.256. The number of hydrogen-bond acceptors (Lipinski definition) is 4. The second-order valence-corrected chi connectivity index (χ2v) is 7.16. The Hall–Kier alpha value is -1.44. The molecule has 1 aromatic carbocycles. The summed E-state index contributed by atoms with van der Waals surface area (Å²) in [6.07, 6.45) is 1.41. The van der Waals surface area contributed by atoms with Gasteiger partial charge in [-0.2, -0.15) is 4.31 Å². The smallest absolute Gasteiger partial charge is 0.262 e. The fraction of sp³-hybridized carbons (Fsp3) is 0.154. The van der Waals surface area contributed by atoms with E-state index in [1.54, 1.807) is 6.07 Å². The van der Waals surface area contributed by atoms with Crippen molar-refractivity contribution in [2.24, 2.45) is 0 Å². The highest BCUT2D eigenvalue weighted by Gasteiger charge is 2.24. The Kier molecular flexibility index (Phi) is 4.42. The lowest BCUT2D eigenvalue weighted by Crippen LogP contribution is -2.28. The molecule has 2 N–H and O–H groups in total. The van der Waals surface area contributed by atoms with Crippen LogP contribution in [0.4, 0.5) is 5.69 Å². The number of pyridine rings is 1. The topological polar surface area (TPSA) is 76.3 Å². The van der Waals surface area contributed by atoms with Crippen LogP contribution >= 0.6 is 15.9 Å². The van der Waals surface area contributed by atoms with E-state index in [0.717, 1.165) is 10.0 Å². The van der Waals surface area contributed by atoms with Crippen LogP contribution in [-0.2, 0) is 16.6 Å². The molecule has 0 unspecified atom stereocenters. The van der Waals surface area contributed by atoms with Gasteiger partial charge < -0.3 is 5.73 Å². The van der Waals surface area contributed by atoms with E-state index in [4.69, 9.17) is 5.73 Å². The Morgan fingerprint density at radius 1 is 1.25 bits per heavy atom. The molecule has 1 heterocycles. The van der Waals surface area contributed by atoms with Crippen molar-refractivity contribution in [1.29, 1.82) is 0 Å². The first-order valence-corrected chi connectivity index (χ1v) is 8.06. The van der Waals surface area contributed by atoms with Gasteiger partial charge in [-0.1, -0.05) is 28.1 Å². The molecule has 106 valence electrons. The van der Waals surface area contributed by atoms with Gasteiger partial charge in [0.2, 0.25) is 0 Å². The fourth-order valence-corrected chi connectivity index (χ4v) is 3.14. The number of nitrogens with two attached hydrogens (primary N) is 1. The number of nitrogens with zero attached hydrogens (tertiary/aromatic N) is 2. The first-order chi connectivity index (χ1) is 9.41. The van der Waals surface area contributed by atoms with E-state index in [-0.39, 0.29) is 17.3 Å².